The standard InChI is InChI=1S/C21H28N4O3/c26-19(22-7-9-24-10-12-28-13-11-24)17-14-15-4-3-8-25(15)21(17)16-5-1-2-6-18(16)23-20(21)27/h1-2,5-6,15,17H,3-4,7-14H2,(H,22,26)(H,23,27)/t15-,17+,21+/m1/s1. The second-order valence-corrected chi connectivity index (χ2v) is 8.29. The molecule has 0 radical (unpaired) electrons. The van der Waals surface area contributed by atoms with Gasteiger partial charge in [-0.3, -0.25) is 19.4 Å². The molecule has 4 aliphatic rings. The molecule has 1 spiro atoms. The van der Waals surface area contributed by atoms with Gasteiger partial charge in [0.1, 0.15) is 5.54 Å². The zero-order valence-corrected chi connectivity index (χ0v) is 16.2. The van der Waals surface area contributed by atoms with Crippen LogP contribution in [-0.4, -0.2) is 73.6 Å². The Morgan fingerprint density at radius 2 is 2.07 bits per heavy atom. The number of hydrogen-bond acceptors (Lipinski definition) is 5. The van der Waals surface area contributed by atoms with Crippen LogP contribution in [0.5, 0.6) is 0 Å². The van der Waals surface area contributed by atoms with E-state index in [2.05, 4.69) is 20.4 Å². The average Bonchev–Trinajstić information content (AvgIpc) is 3.37. The largest absolute Gasteiger partial charge is 0.379 e. The molecule has 2 N–H and O–H groups in total. The summed E-state index contributed by atoms with van der Waals surface area (Å²) in [5.74, 6) is -0.368. The van der Waals surface area contributed by atoms with Crippen LogP contribution in [0.15, 0.2) is 24.3 Å². The topological polar surface area (TPSA) is 73.9 Å². The van der Waals surface area contributed by atoms with Crippen molar-refractivity contribution in [2.75, 3.05) is 51.3 Å². The predicted molar refractivity (Wildman–Crippen MR) is 105 cm³/mol. The highest BCUT2D eigenvalue weighted by Gasteiger charge is 2.65. The molecule has 0 saturated carbocycles. The Morgan fingerprint density at radius 1 is 1.25 bits per heavy atom. The minimum absolute atomic E-state index is 0.00881. The van der Waals surface area contributed by atoms with Crippen LogP contribution in [0.2, 0.25) is 0 Å². The highest BCUT2D eigenvalue weighted by atomic mass is 16.5. The van der Waals surface area contributed by atoms with Crippen LogP contribution >= 0.6 is 0 Å². The molecule has 0 unspecified atom stereocenters. The van der Waals surface area contributed by atoms with Gasteiger partial charge in [-0.25, -0.2) is 0 Å². The van der Waals surface area contributed by atoms with E-state index in [4.69, 9.17) is 4.74 Å². The van der Waals surface area contributed by atoms with Gasteiger partial charge in [0.25, 0.3) is 0 Å². The number of anilines is 1. The second kappa shape index (κ2) is 7.13. The number of fused-ring (bicyclic) bond motifs is 4. The van der Waals surface area contributed by atoms with Crippen molar-refractivity contribution in [2.24, 2.45) is 5.92 Å². The van der Waals surface area contributed by atoms with Crippen molar-refractivity contribution in [1.82, 2.24) is 15.1 Å². The van der Waals surface area contributed by atoms with Crippen molar-refractivity contribution in [2.45, 2.75) is 30.8 Å². The van der Waals surface area contributed by atoms with Crippen molar-refractivity contribution >= 4 is 17.5 Å². The Morgan fingerprint density at radius 3 is 2.93 bits per heavy atom. The molecule has 7 heteroatoms. The maximum atomic E-state index is 13.3. The molecule has 0 bridgehead atoms. The van der Waals surface area contributed by atoms with Gasteiger partial charge < -0.3 is 15.4 Å². The molecule has 3 atom stereocenters. The third-order valence-electron chi connectivity index (χ3n) is 6.92. The lowest BCUT2D eigenvalue weighted by Crippen LogP contribution is -2.54. The lowest BCUT2D eigenvalue weighted by Gasteiger charge is -2.36. The van der Waals surface area contributed by atoms with E-state index in [9.17, 15) is 9.59 Å². The monoisotopic (exact) mass is 384 g/mol. The predicted octanol–water partition coefficient (Wildman–Crippen LogP) is 0.767. The molecular formula is C21H28N4O3. The molecule has 1 aromatic rings. The molecule has 150 valence electrons. The molecule has 0 aromatic heterocycles. The summed E-state index contributed by atoms with van der Waals surface area (Å²) in [5.41, 5.74) is 0.977. The Balaban J connectivity index is 1.37. The third kappa shape index (κ3) is 2.68. The summed E-state index contributed by atoms with van der Waals surface area (Å²) in [6.07, 6.45) is 2.91. The number of carbonyl (C=O) groups is 2. The molecule has 28 heavy (non-hydrogen) atoms. The molecule has 4 heterocycles. The summed E-state index contributed by atoms with van der Waals surface area (Å²) in [7, 11) is 0. The van der Waals surface area contributed by atoms with E-state index in [0.29, 0.717) is 12.6 Å². The first-order chi connectivity index (χ1) is 13.7. The Kier molecular flexibility index (Phi) is 4.61. The van der Waals surface area contributed by atoms with Crippen molar-refractivity contribution < 1.29 is 14.3 Å². The van der Waals surface area contributed by atoms with Crippen LogP contribution in [0.4, 0.5) is 5.69 Å². The summed E-state index contributed by atoms with van der Waals surface area (Å²) in [6, 6.07) is 8.18. The lowest BCUT2D eigenvalue weighted by molar-refractivity contribution is -0.137. The molecular weight excluding hydrogens is 356 g/mol. The van der Waals surface area contributed by atoms with Gasteiger partial charge in [-0.2, -0.15) is 0 Å². The van der Waals surface area contributed by atoms with Crippen LogP contribution in [0.3, 0.4) is 0 Å². The first-order valence-electron chi connectivity index (χ1n) is 10.5. The summed E-state index contributed by atoms with van der Waals surface area (Å²) in [6.45, 7) is 5.65. The van der Waals surface area contributed by atoms with E-state index in [-0.39, 0.29) is 17.7 Å². The van der Waals surface area contributed by atoms with Gasteiger partial charge >= 0.3 is 0 Å². The highest BCUT2D eigenvalue weighted by molar-refractivity contribution is 6.09. The van der Waals surface area contributed by atoms with Crippen LogP contribution in [0, 0.1) is 5.92 Å². The first-order valence-corrected chi connectivity index (χ1v) is 10.5. The fourth-order valence-electron chi connectivity index (χ4n) is 5.67. The molecule has 1 aromatic carbocycles. The number of nitrogens with one attached hydrogen (secondary N) is 2. The summed E-state index contributed by atoms with van der Waals surface area (Å²) in [5, 5.41) is 6.19. The van der Waals surface area contributed by atoms with Crippen LogP contribution < -0.4 is 10.6 Å². The smallest absolute Gasteiger partial charge is 0.250 e. The molecule has 5 rings (SSSR count). The quantitative estimate of drug-likeness (QED) is 0.802. The fraction of sp³-hybridized carbons (Fsp3) is 0.619. The number of ether oxygens (including phenoxy) is 1. The zero-order valence-electron chi connectivity index (χ0n) is 16.2. The zero-order chi connectivity index (χ0) is 19.1. The van der Waals surface area contributed by atoms with Crippen LogP contribution in [0.25, 0.3) is 0 Å². The first kappa shape index (κ1) is 18.1. The molecule has 4 aliphatic heterocycles. The number of rotatable bonds is 4. The van der Waals surface area contributed by atoms with Gasteiger partial charge in [-0.05, 0) is 31.9 Å². The number of para-hydroxylation sites is 1. The number of carbonyl (C=O) groups excluding carboxylic acids is 2. The average molecular weight is 384 g/mol. The molecule has 2 amide bonds. The highest BCUT2D eigenvalue weighted by Crippen LogP contribution is 2.55. The van der Waals surface area contributed by atoms with Gasteiger partial charge in [-0.15, -0.1) is 0 Å². The molecule has 0 aliphatic carbocycles. The summed E-state index contributed by atoms with van der Waals surface area (Å²) < 4.78 is 5.38. The molecule has 3 fully saturated rings. The van der Waals surface area contributed by atoms with Crippen molar-refractivity contribution in [3.8, 4) is 0 Å². The summed E-state index contributed by atoms with van der Waals surface area (Å²) in [4.78, 5) is 31.2. The van der Waals surface area contributed by atoms with E-state index < -0.39 is 5.54 Å². The fourth-order valence-corrected chi connectivity index (χ4v) is 5.67. The van der Waals surface area contributed by atoms with Crippen molar-refractivity contribution in [3.05, 3.63) is 29.8 Å². The van der Waals surface area contributed by atoms with Gasteiger partial charge in [-0.1, -0.05) is 18.2 Å². The van der Waals surface area contributed by atoms with Crippen molar-refractivity contribution in [3.63, 3.8) is 0 Å². The van der Waals surface area contributed by atoms with E-state index in [1.165, 1.54) is 0 Å². The number of benzene rings is 1. The second-order valence-electron chi connectivity index (χ2n) is 8.29. The van der Waals surface area contributed by atoms with Gasteiger partial charge in [0.15, 0.2) is 0 Å². The normalized spacial score (nSPS) is 32.4. The summed E-state index contributed by atoms with van der Waals surface area (Å²) >= 11 is 0. The van der Waals surface area contributed by atoms with E-state index in [0.717, 1.165) is 69.9 Å². The van der Waals surface area contributed by atoms with Crippen LogP contribution in [0.1, 0.15) is 24.8 Å². The van der Waals surface area contributed by atoms with Gasteiger partial charge in [0.05, 0.1) is 19.1 Å². The Labute approximate surface area is 165 Å². The minimum atomic E-state index is -0.846. The maximum Gasteiger partial charge on any atom is 0.250 e. The molecule has 7 nitrogen and oxygen atoms in total. The number of nitrogens with zero attached hydrogens (tertiary/aromatic N) is 2. The lowest BCUT2D eigenvalue weighted by atomic mass is 9.78. The van der Waals surface area contributed by atoms with Crippen LogP contribution in [-0.2, 0) is 19.9 Å². The third-order valence-corrected chi connectivity index (χ3v) is 6.92. The number of morpholine rings is 1. The van der Waals surface area contributed by atoms with Crippen molar-refractivity contribution in [1.29, 1.82) is 0 Å². The van der Waals surface area contributed by atoms with E-state index in [1.807, 2.05) is 24.3 Å². The Hall–Kier alpha value is -1.96. The number of hydrogen-bond donors (Lipinski definition) is 2. The molecule has 3 saturated heterocycles. The number of amides is 2. The SMILES string of the molecule is O=C(NCCN1CCOCC1)[C@@H]1C[C@H]2CCCN2[C@]12C(=O)Nc1ccccc12. The van der Waals surface area contributed by atoms with Gasteiger partial charge in [0.2, 0.25) is 11.8 Å². The Bertz CT molecular complexity index is 779. The van der Waals surface area contributed by atoms with E-state index >= 15 is 0 Å². The minimum Gasteiger partial charge on any atom is -0.379 e. The van der Waals surface area contributed by atoms with E-state index in [1.54, 1.807) is 0 Å². The van der Waals surface area contributed by atoms with Gasteiger partial charge in [0, 0.05) is 43.5 Å². The maximum absolute atomic E-state index is 13.3.